The Hall–Kier alpha value is -3.15. The molecule has 0 fully saturated rings. The van der Waals surface area contributed by atoms with Crippen LogP contribution >= 0.6 is 11.6 Å². The number of benzene rings is 3. The van der Waals surface area contributed by atoms with Gasteiger partial charge in [0.1, 0.15) is 17.1 Å². The Labute approximate surface area is 241 Å². The number of ether oxygens (including phenoxy) is 2. The monoisotopic (exact) mass is 615 g/mol. The topological polar surface area (TPSA) is 72.9 Å². The summed E-state index contributed by atoms with van der Waals surface area (Å²) in [7, 11) is -2.98. The second kappa shape index (κ2) is 13.7. The van der Waals surface area contributed by atoms with E-state index in [1.54, 1.807) is 6.07 Å². The van der Waals surface area contributed by atoms with E-state index in [1.807, 2.05) is 42.2 Å². The lowest BCUT2D eigenvalue weighted by Gasteiger charge is -2.27. The van der Waals surface area contributed by atoms with Crippen molar-refractivity contribution in [2.75, 3.05) is 33.1 Å². The molecule has 0 amide bonds. The summed E-state index contributed by atoms with van der Waals surface area (Å²) in [5.74, 6) is -2.29. The Kier molecular flexibility index (Phi) is 10.8. The molecule has 0 radical (unpaired) electrons. The van der Waals surface area contributed by atoms with Crippen LogP contribution in [0.4, 0.5) is 17.6 Å². The van der Waals surface area contributed by atoms with Gasteiger partial charge < -0.3 is 9.47 Å². The smallest absolute Gasteiger partial charge is 0.417 e. The van der Waals surface area contributed by atoms with Gasteiger partial charge in [-0.3, -0.25) is 4.90 Å². The van der Waals surface area contributed by atoms with Gasteiger partial charge in [0.15, 0.2) is 9.84 Å². The maximum absolute atomic E-state index is 14.7. The predicted octanol–water partition coefficient (Wildman–Crippen LogP) is 6.76. The number of methoxy groups -OCH3 is 1. The molecule has 6 nitrogen and oxygen atoms in total. The van der Waals surface area contributed by atoms with Gasteiger partial charge in [0.25, 0.3) is 0 Å². The fraction of sp³-hybridized carbons (Fsp3) is 0.345. The number of alkyl halides is 3. The van der Waals surface area contributed by atoms with Crippen molar-refractivity contribution in [1.29, 1.82) is 0 Å². The third kappa shape index (κ3) is 8.67. The zero-order valence-electron chi connectivity index (χ0n) is 22.7. The zero-order chi connectivity index (χ0) is 30.4. The number of rotatable bonds is 12. The van der Waals surface area contributed by atoms with Gasteiger partial charge in [0.05, 0.1) is 29.2 Å². The van der Waals surface area contributed by atoms with E-state index in [2.05, 4.69) is 4.74 Å². The van der Waals surface area contributed by atoms with E-state index in [0.29, 0.717) is 25.1 Å². The molecule has 0 aliphatic rings. The summed E-state index contributed by atoms with van der Waals surface area (Å²) in [6.45, 7) is 3.06. The van der Waals surface area contributed by atoms with Crippen molar-refractivity contribution < 1.29 is 40.2 Å². The molecule has 3 rings (SSSR count). The van der Waals surface area contributed by atoms with Crippen LogP contribution in [0.25, 0.3) is 0 Å². The van der Waals surface area contributed by atoms with Gasteiger partial charge in [-0.2, -0.15) is 13.2 Å². The van der Waals surface area contributed by atoms with Gasteiger partial charge in [0.2, 0.25) is 0 Å². The van der Waals surface area contributed by atoms with Crippen LogP contribution in [-0.4, -0.2) is 52.3 Å². The molecule has 41 heavy (non-hydrogen) atoms. The second-order valence-electron chi connectivity index (χ2n) is 9.57. The van der Waals surface area contributed by atoms with E-state index in [0.717, 1.165) is 37.1 Å². The Bertz CT molecular complexity index is 1470. The van der Waals surface area contributed by atoms with Crippen LogP contribution in [0.1, 0.15) is 46.3 Å². The van der Waals surface area contributed by atoms with Gasteiger partial charge in [-0.05, 0) is 35.6 Å². The van der Waals surface area contributed by atoms with Gasteiger partial charge in [-0.1, -0.05) is 61.0 Å². The number of nitrogens with zero attached hydrogens (tertiary/aromatic N) is 1. The first-order valence-electron chi connectivity index (χ1n) is 12.6. The molecular weight excluding hydrogens is 586 g/mol. The van der Waals surface area contributed by atoms with Crippen LogP contribution in [0, 0.1) is 5.82 Å². The average molecular weight is 616 g/mol. The van der Waals surface area contributed by atoms with E-state index < -0.39 is 43.8 Å². The number of esters is 1. The zero-order valence-corrected chi connectivity index (χ0v) is 24.2. The lowest BCUT2D eigenvalue weighted by Crippen LogP contribution is -2.30. The van der Waals surface area contributed by atoms with Crippen LogP contribution in [0.3, 0.4) is 0 Å². The van der Waals surface area contributed by atoms with Crippen molar-refractivity contribution in [3.05, 3.63) is 93.8 Å². The molecule has 1 unspecified atom stereocenters. The van der Waals surface area contributed by atoms with E-state index in [1.165, 1.54) is 6.07 Å². The van der Waals surface area contributed by atoms with Crippen molar-refractivity contribution in [3.8, 4) is 5.75 Å². The molecule has 0 saturated carbocycles. The van der Waals surface area contributed by atoms with Crippen molar-refractivity contribution in [2.45, 2.75) is 36.9 Å². The highest BCUT2D eigenvalue weighted by Gasteiger charge is 2.34. The van der Waals surface area contributed by atoms with Crippen LogP contribution in [0.2, 0.25) is 5.02 Å². The summed E-state index contributed by atoms with van der Waals surface area (Å²) in [4.78, 5) is 13.3. The summed E-state index contributed by atoms with van der Waals surface area (Å²) < 4.78 is 89.4. The highest BCUT2D eigenvalue weighted by Crippen LogP contribution is 2.36. The van der Waals surface area contributed by atoms with Crippen molar-refractivity contribution >= 4 is 27.4 Å². The van der Waals surface area contributed by atoms with Crippen LogP contribution in [0.15, 0.2) is 65.6 Å². The molecule has 12 heteroatoms. The number of sulfone groups is 1. The van der Waals surface area contributed by atoms with E-state index in [-0.39, 0.29) is 29.8 Å². The number of hydrogen-bond acceptors (Lipinski definition) is 6. The summed E-state index contributed by atoms with van der Waals surface area (Å²) in [5.41, 5.74) is -0.240. The van der Waals surface area contributed by atoms with Crippen LogP contribution in [-0.2, 0) is 27.3 Å². The predicted molar refractivity (Wildman–Crippen MR) is 148 cm³/mol. The number of carbonyl (C=O) groups excluding carboxylic acids is 1. The minimum Gasteiger partial charge on any atom is -0.493 e. The molecule has 0 heterocycles. The van der Waals surface area contributed by atoms with E-state index in [4.69, 9.17) is 16.3 Å². The SMILES string of the molecule is COC(=O)c1c(F)cc(OCCCN(Cc2cccc(C(F)(F)F)c2Cl)CC(C)c2ccccc2)cc1S(C)(=O)=O. The summed E-state index contributed by atoms with van der Waals surface area (Å²) >= 11 is 6.16. The molecule has 0 aliphatic heterocycles. The number of halogens is 5. The first-order chi connectivity index (χ1) is 19.2. The summed E-state index contributed by atoms with van der Waals surface area (Å²) in [6, 6.07) is 15.4. The summed E-state index contributed by atoms with van der Waals surface area (Å²) in [5, 5.41) is -0.358. The highest BCUT2D eigenvalue weighted by molar-refractivity contribution is 7.90. The van der Waals surface area contributed by atoms with Crippen LogP contribution < -0.4 is 4.74 Å². The van der Waals surface area contributed by atoms with Gasteiger partial charge in [-0.25, -0.2) is 17.6 Å². The molecule has 0 saturated heterocycles. The molecule has 222 valence electrons. The van der Waals surface area contributed by atoms with Crippen molar-refractivity contribution in [1.82, 2.24) is 4.90 Å². The fourth-order valence-corrected chi connectivity index (χ4v) is 5.56. The molecule has 0 spiro atoms. The van der Waals surface area contributed by atoms with Crippen molar-refractivity contribution in [3.63, 3.8) is 0 Å². The second-order valence-corrected chi connectivity index (χ2v) is 11.9. The molecular formula is C29H30ClF4NO5S. The maximum atomic E-state index is 14.7. The first kappa shape index (κ1) is 32.4. The third-order valence-electron chi connectivity index (χ3n) is 6.38. The molecule has 1 atom stereocenters. The largest absolute Gasteiger partial charge is 0.493 e. The fourth-order valence-electron chi connectivity index (χ4n) is 4.38. The maximum Gasteiger partial charge on any atom is 0.417 e. The van der Waals surface area contributed by atoms with Gasteiger partial charge >= 0.3 is 12.1 Å². The lowest BCUT2D eigenvalue weighted by molar-refractivity contribution is -0.137. The van der Waals surface area contributed by atoms with Crippen LogP contribution in [0.5, 0.6) is 5.75 Å². The molecule has 0 aliphatic carbocycles. The molecule has 0 bridgehead atoms. The Balaban J connectivity index is 1.77. The quantitative estimate of drug-likeness (QED) is 0.127. The van der Waals surface area contributed by atoms with E-state index >= 15 is 0 Å². The number of carbonyl (C=O) groups is 1. The first-order valence-corrected chi connectivity index (χ1v) is 14.9. The Morgan fingerprint density at radius 2 is 1.76 bits per heavy atom. The molecule has 0 N–H and O–H groups in total. The van der Waals surface area contributed by atoms with Crippen molar-refractivity contribution in [2.24, 2.45) is 0 Å². The highest BCUT2D eigenvalue weighted by atomic mass is 35.5. The normalized spacial score (nSPS) is 12.8. The molecule has 3 aromatic rings. The minimum absolute atomic E-state index is 0.0345. The standard InChI is InChI=1S/C29H30ClF4NO5S/c1-19(20-9-5-4-6-10-20)17-35(18-21-11-7-12-23(27(21)30)29(32,33)34)13-8-14-40-22-15-24(31)26(28(36)39-2)25(16-22)41(3,37)38/h4-7,9-12,15-16,19H,8,13-14,17-18H2,1-3H3. The molecule has 3 aromatic carbocycles. The number of hydrogen-bond donors (Lipinski definition) is 0. The Morgan fingerprint density at radius 1 is 1.07 bits per heavy atom. The summed E-state index contributed by atoms with van der Waals surface area (Å²) in [6.07, 6.45) is -3.39. The van der Waals surface area contributed by atoms with Gasteiger partial charge in [0, 0.05) is 32.0 Å². The van der Waals surface area contributed by atoms with E-state index in [9.17, 15) is 30.8 Å². The van der Waals surface area contributed by atoms with Gasteiger partial charge in [-0.15, -0.1) is 0 Å². The Morgan fingerprint density at radius 3 is 2.37 bits per heavy atom. The average Bonchev–Trinajstić information content (AvgIpc) is 2.90. The minimum atomic E-state index is -4.59. The third-order valence-corrected chi connectivity index (χ3v) is 7.95. The molecule has 0 aromatic heterocycles. The lowest BCUT2D eigenvalue weighted by atomic mass is 10.00.